The summed E-state index contributed by atoms with van der Waals surface area (Å²) in [6.45, 7) is 21.5. The van der Waals surface area contributed by atoms with Gasteiger partial charge in [0.2, 0.25) is 0 Å². The first-order valence-electron chi connectivity index (χ1n) is 14.6. The monoisotopic (exact) mass is 675 g/mol. The summed E-state index contributed by atoms with van der Waals surface area (Å²) in [6, 6.07) is 0. The van der Waals surface area contributed by atoms with E-state index in [1.54, 1.807) is 6.92 Å². The SMILES string of the molecule is COC(=O)CNC1=CS(=O)(=O)O[C@@]12[C@@H](CO[Si](C)(C)C(C)(C)C)O[C@@H](n1cc(C)c(=O)n(C)c1=O)[C@@H]2O[Si](C)(C)C(C)(C)C. The average molecular weight is 676 g/mol. The maximum atomic E-state index is 13.6. The maximum Gasteiger partial charge on any atom is 0.332 e. The number of aryl methyl sites for hydroxylation is 1. The van der Waals surface area contributed by atoms with Gasteiger partial charge in [0.1, 0.15) is 18.8 Å². The number of esters is 1. The fourth-order valence-corrected chi connectivity index (χ4v) is 8.18. The summed E-state index contributed by atoms with van der Waals surface area (Å²) < 4.78 is 59.7. The number of nitrogens with one attached hydrogen (secondary N) is 1. The first-order chi connectivity index (χ1) is 19.8. The second-order valence-electron chi connectivity index (χ2n) is 14.6. The van der Waals surface area contributed by atoms with Gasteiger partial charge in [-0.3, -0.25) is 18.7 Å². The molecule has 250 valence electrons. The molecule has 0 saturated carbocycles. The van der Waals surface area contributed by atoms with Crippen LogP contribution in [0, 0.1) is 6.92 Å². The first kappa shape index (κ1) is 36.4. The molecule has 0 unspecified atom stereocenters. The molecule has 1 aromatic rings. The van der Waals surface area contributed by atoms with Crippen molar-refractivity contribution in [1.29, 1.82) is 0 Å². The Balaban J connectivity index is 2.34. The number of nitrogens with zero attached hydrogens (tertiary/aromatic N) is 2. The standard InChI is InChI=1S/C28H49N3O10SSi2/c1-18-15-31(25(34)30(8)23(18)33)24-22(40-44(12,13)27(5,6)7)28(20(39-24)16-38-43(10,11)26(2,3)4)19(17-42(35,36)41-28)29-14-21(32)37-9/h15,17,20,22,24,29H,14,16H2,1-13H3/t20-,22+,24-,28-/m1/s1. The second kappa shape index (κ2) is 11.9. The minimum Gasteiger partial charge on any atom is -0.468 e. The van der Waals surface area contributed by atoms with E-state index in [4.69, 9.17) is 22.5 Å². The third kappa shape index (κ3) is 6.71. The number of carbonyl (C=O) groups excluding carboxylic acids is 1. The van der Waals surface area contributed by atoms with Gasteiger partial charge in [-0.1, -0.05) is 41.5 Å². The Morgan fingerprint density at radius 3 is 2.16 bits per heavy atom. The fourth-order valence-electron chi connectivity index (χ4n) is 4.62. The lowest BCUT2D eigenvalue weighted by Crippen LogP contribution is -2.60. The molecule has 2 aliphatic rings. The summed E-state index contributed by atoms with van der Waals surface area (Å²) in [7, 11) is -6.92. The molecule has 0 radical (unpaired) electrons. The molecule has 1 spiro atoms. The number of ether oxygens (including phenoxy) is 2. The highest BCUT2D eigenvalue weighted by Crippen LogP contribution is 2.52. The Bertz CT molecular complexity index is 1540. The summed E-state index contributed by atoms with van der Waals surface area (Å²) in [5.41, 5.74) is -2.73. The van der Waals surface area contributed by atoms with Crippen LogP contribution in [0.1, 0.15) is 53.3 Å². The van der Waals surface area contributed by atoms with E-state index in [0.717, 1.165) is 9.98 Å². The third-order valence-electron chi connectivity index (χ3n) is 9.44. The molecule has 1 aromatic heterocycles. The van der Waals surface area contributed by atoms with E-state index in [1.807, 2.05) is 33.9 Å². The van der Waals surface area contributed by atoms with Gasteiger partial charge in [0.25, 0.3) is 15.7 Å². The van der Waals surface area contributed by atoms with Gasteiger partial charge in [0.15, 0.2) is 28.5 Å². The minimum atomic E-state index is -4.33. The van der Waals surface area contributed by atoms with Gasteiger partial charge in [0, 0.05) is 18.8 Å². The van der Waals surface area contributed by atoms with Crippen molar-refractivity contribution < 1.29 is 35.7 Å². The second-order valence-corrected chi connectivity index (χ2v) is 25.5. The van der Waals surface area contributed by atoms with Gasteiger partial charge in [0.05, 0.1) is 24.8 Å². The van der Waals surface area contributed by atoms with Crippen molar-refractivity contribution in [3.8, 4) is 0 Å². The van der Waals surface area contributed by atoms with Crippen molar-refractivity contribution in [2.75, 3.05) is 20.3 Å². The molecule has 0 aliphatic carbocycles. The molecule has 0 aromatic carbocycles. The highest BCUT2D eigenvalue weighted by molar-refractivity contribution is 7.90. The predicted molar refractivity (Wildman–Crippen MR) is 171 cm³/mol. The molecule has 1 N–H and O–H groups in total. The quantitative estimate of drug-likeness (QED) is 0.234. The zero-order valence-corrected chi connectivity index (χ0v) is 31.0. The van der Waals surface area contributed by atoms with E-state index in [2.05, 4.69) is 39.2 Å². The molecule has 0 bridgehead atoms. The van der Waals surface area contributed by atoms with Gasteiger partial charge < -0.3 is 23.6 Å². The summed E-state index contributed by atoms with van der Waals surface area (Å²) in [6.07, 6.45) is -2.18. The number of aromatic nitrogens is 2. The van der Waals surface area contributed by atoms with Gasteiger partial charge >= 0.3 is 11.7 Å². The summed E-state index contributed by atoms with van der Waals surface area (Å²) in [5.74, 6) is -0.637. The lowest BCUT2D eigenvalue weighted by molar-refractivity contribution is -0.139. The Morgan fingerprint density at radius 1 is 1.07 bits per heavy atom. The predicted octanol–water partition coefficient (Wildman–Crippen LogP) is 2.87. The van der Waals surface area contributed by atoms with Crippen LogP contribution < -0.4 is 16.6 Å². The molecule has 16 heteroatoms. The van der Waals surface area contributed by atoms with E-state index in [0.29, 0.717) is 0 Å². The zero-order chi connectivity index (χ0) is 33.8. The smallest absolute Gasteiger partial charge is 0.332 e. The number of carbonyl (C=O) groups is 1. The summed E-state index contributed by atoms with van der Waals surface area (Å²) in [5, 5.41) is 3.28. The van der Waals surface area contributed by atoms with Crippen LogP contribution in [-0.4, -0.2) is 78.2 Å². The van der Waals surface area contributed by atoms with E-state index in [9.17, 15) is 22.8 Å². The average Bonchev–Trinajstić information content (AvgIpc) is 3.32. The van der Waals surface area contributed by atoms with E-state index in [1.165, 1.54) is 24.9 Å². The van der Waals surface area contributed by atoms with Gasteiger partial charge in [-0.15, -0.1) is 0 Å². The number of hydrogen-bond acceptors (Lipinski definition) is 11. The Kier molecular flexibility index (Phi) is 9.87. The van der Waals surface area contributed by atoms with Gasteiger partial charge in [-0.25, -0.2) is 8.98 Å². The topological polar surface area (TPSA) is 153 Å². The van der Waals surface area contributed by atoms with Crippen molar-refractivity contribution in [2.24, 2.45) is 7.05 Å². The fraction of sp³-hybridized carbons (Fsp3) is 0.750. The van der Waals surface area contributed by atoms with Crippen LogP contribution in [0.2, 0.25) is 36.3 Å². The van der Waals surface area contributed by atoms with Crippen LogP contribution >= 0.6 is 0 Å². The number of hydrogen-bond donors (Lipinski definition) is 1. The maximum absolute atomic E-state index is 13.6. The van der Waals surface area contributed by atoms with Crippen LogP contribution in [-0.2, 0) is 44.5 Å². The Morgan fingerprint density at radius 2 is 1.64 bits per heavy atom. The Hall–Kier alpha value is -2.09. The first-order valence-corrected chi connectivity index (χ1v) is 21.8. The molecule has 3 rings (SSSR count). The number of rotatable bonds is 9. The van der Waals surface area contributed by atoms with Gasteiger partial charge in [-0.2, -0.15) is 8.42 Å². The molecule has 4 atom stereocenters. The molecule has 0 amide bonds. The van der Waals surface area contributed by atoms with Crippen LogP contribution in [0.15, 0.2) is 26.9 Å². The van der Waals surface area contributed by atoms with E-state index < -0.39 is 68.0 Å². The molecular formula is C28H49N3O10SSi2. The molecule has 44 heavy (non-hydrogen) atoms. The highest BCUT2D eigenvalue weighted by atomic mass is 32.2. The van der Waals surface area contributed by atoms with E-state index in [-0.39, 0.29) is 34.5 Å². The van der Waals surface area contributed by atoms with E-state index >= 15 is 0 Å². The third-order valence-corrected chi connectivity index (χ3v) is 19.4. The van der Waals surface area contributed by atoms with Crippen LogP contribution in [0.25, 0.3) is 0 Å². The lowest BCUT2D eigenvalue weighted by Gasteiger charge is -2.44. The molecule has 1 fully saturated rings. The van der Waals surface area contributed by atoms with Crippen molar-refractivity contribution in [2.45, 2.75) is 109 Å². The van der Waals surface area contributed by atoms with Crippen LogP contribution in [0.5, 0.6) is 0 Å². The van der Waals surface area contributed by atoms with Crippen molar-refractivity contribution in [1.82, 2.24) is 14.5 Å². The lowest BCUT2D eigenvalue weighted by atomic mass is 9.89. The molecule has 2 aliphatic heterocycles. The van der Waals surface area contributed by atoms with Crippen molar-refractivity contribution in [3.63, 3.8) is 0 Å². The van der Waals surface area contributed by atoms with Crippen LogP contribution in [0.4, 0.5) is 0 Å². The summed E-state index contributed by atoms with van der Waals surface area (Å²) >= 11 is 0. The van der Waals surface area contributed by atoms with Crippen molar-refractivity contribution >= 4 is 32.7 Å². The molecule has 1 saturated heterocycles. The zero-order valence-electron chi connectivity index (χ0n) is 28.2. The molecular weight excluding hydrogens is 627 g/mol. The minimum absolute atomic E-state index is 0.0209. The molecule has 13 nitrogen and oxygen atoms in total. The number of methoxy groups -OCH3 is 1. The Labute approximate surface area is 262 Å². The highest BCUT2D eigenvalue weighted by Gasteiger charge is 2.68. The molecule has 3 heterocycles. The van der Waals surface area contributed by atoms with Crippen LogP contribution in [0.3, 0.4) is 0 Å². The largest absolute Gasteiger partial charge is 0.468 e. The van der Waals surface area contributed by atoms with Crippen molar-refractivity contribution in [3.05, 3.63) is 43.7 Å². The summed E-state index contributed by atoms with van der Waals surface area (Å²) in [4.78, 5) is 38.4. The van der Waals surface area contributed by atoms with Gasteiger partial charge in [-0.05, 0) is 43.2 Å². The normalized spacial score (nSPS) is 25.8.